The molecule has 9 heteroatoms. The number of nitrogens with zero attached hydrogens (tertiary/aromatic N) is 3. The lowest BCUT2D eigenvalue weighted by Crippen LogP contribution is -2.51. The van der Waals surface area contributed by atoms with Crippen LogP contribution in [-0.2, 0) is 22.4 Å². The first kappa shape index (κ1) is 21.5. The van der Waals surface area contributed by atoms with Crippen molar-refractivity contribution in [3.63, 3.8) is 0 Å². The molecule has 3 aliphatic rings. The quantitative estimate of drug-likeness (QED) is 0.709. The van der Waals surface area contributed by atoms with Gasteiger partial charge in [0.05, 0.1) is 37.7 Å². The van der Waals surface area contributed by atoms with E-state index in [-0.39, 0.29) is 12.1 Å². The van der Waals surface area contributed by atoms with Crippen LogP contribution in [0, 0.1) is 0 Å². The third-order valence-electron chi connectivity index (χ3n) is 6.21. The molecule has 3 atom stereocenters. The van der Waals surface area contributed by atoms with Gasteiger partial charge in [-0.25, -0.2) is 4.79 Å². The zero-order valence-corrected chi connectivity index (χ0v) is 17.6. The number of morpholine rings is 1. The monoisotopic (exact) mass is 422 g/mol. The second-order valence-electron chi connectivity index (χ2n) is 8.55. The predicted molar refractivity (Wildman–Crippen MR) is 109 cm³/mol. The average Bonchev–Trinajstić information content (AvgIpc) is 3.21. The summed E-state index contributed by atoms with van der Waals surface area (Å²) in [5.41, 5.74) is 0.888. The Hall–Kier alpha value is -1.68. The van der Waals surface area contributed by atoms with E-state index in [9.17, 15) is 9.90 Å². The first-order valence-electron chi connectivity index (χ1n) is 11.3. The Morgan fingerprint density at radius 3 is 2.77 bits per heavy atom. The van der Waals surface area contributed by atoms with Crippen molar-refractivity contribution >= 4 is 6.03 Å². The van der Waals surface area contributed by atoms with Crippen molar-refractivity contribution in [2.75, 3.05) is 45.9 Å². The topological polar surface area (TPSA) is 100 Å². The normalized spacial score (nSPS) is 28.4. The van der Waals surface area contributed by atoms with E-state index in [1.807, 2.05) is 6.07 Å². The minimum Gasteiger partial charge on any atom is -0.390 e. The number of aliphatic hydroxyl groups is 1. The van der Waals surface area contributed by atoms with Crippen LogP contribution >= 0.6 is 0 Å². The van der Waals surface area contributed by atoms with E-state index in [0.29, 0.717) is 45.7 Å². The molecule has 1 aromatic rings. The largest absolute Gasteiger partial charge is 0.390 e. The lowest BCUT2D eigenvalue weighted by molar-refractivity contribution is -0.114. The molecule has 2 amide bonds. The maximum Gasteiger partial charge on any atom is 0.317 e. The molecule has 0 aromatic carbocycles. The third kappa shape index (κ3) is 5.94. The number of nitrogens with one attached hydrogen (secondary N) is 1. The average molecular weight is 423 g/mol. The number of piperidine rings is 1. The Balaban J connectivity index is 1.23. The fourth-order valence-corrected chi connectivity index (χ4v) is 4.45. The summed E-state index contributed by atoms with van der Waals surface area (Å²) in [6, 6.07) is 1.90. The second kappa shape index (κ2) is 10.6. The Bertz CT molecular complexity index is 672. The minimum atomic E-state index is -0.571. The molecule has 0 bridgehead atoms. The molecule has 168 valence electrons. The standard InChI is InChI=1S/C21H34N4O5/c26-19-5-4-17(29-20(19)14-22-21(27)25-8-10-28-11-9-25)12-16-13-18(30-23-16)15-24-6-2-1-3-7-24/h13,17,19-20,26H,1-12,14-15H2,(H,22,27). The molecular formula is C21H34N4O5. The van der Waals surface area contributed by atoms with E-state index >= 15 is 0 Å². The van der Waals surface area contributed by atoms with E-state index in [2.05, 4.69) is 15.4 Å². The number of aliphatic hydroxyl groups excluding tert-OH is 1. The van der Waals surface area contributed by atoms with Crippen molar-refractivity contribution in [2.24, 2.45) is 0 Å². The van der Waals surface area contributed by atoms with Crippen LogP contribution in [0.15, 0.2) is 10.6 Å². The van der Waals surface area contributed by atoms with Crippen LogP contribution in [0.25, 0.3) is 0 Å². The van der Waals surface area contributed by atoms with Crippen molar-refractivity contribution < 1.29 is 23.9 Å². The summed E-state index contributed by atoms with van der Waals surface area (Å²) in [6.45, 7) is 5.67. The van der Waals surface area contributed by atoms with Crippen molar-refractivity contribution in [1.82, 2.24) is 20.3 Å². The van der Waals surface area contributed by atoms with Gasteiger partial charge in [0.25, 0.3) is 0 Å². The number of urea groups is 1. The highest BCUT2D eigenvalue weighted by Crippen LogP contribution is 2.23. The molecule has 0 saturated carbocycles. The van der Waals surface area contributed by atoms with E-state index in [0.717, 1.165) is 37.5 Å². The van der Waals surface area contributed by atoms with Crippen LogP contribution in [0.5, 0.6) is 0 Å². The van der Waals surface area contributed by atoms with Gasteiger partial charge in [-0.2, -0.15) is 0 Å². The van der Waals surface area contributed by atoms with E-state index < -0.39 is 12.2 Å². The summed E-state index contributed by atoms with van der Waals surface area (Å²) in [6.07, 6.45) is 4.88. The number of hydrogen-bond acceptors (Lipinski definition) is 7. The number of carbonyl (C=O) groups excluding carboxylic acids is 1. The fraction of sp³-hybridized carbons (Fsp3) is 0.810. The molecule has 2 N–H and O–H groups in total. The Labute approximate surface area is 177 Å². The Morgan fingerprint density at radius 1 is 1.17 bits per heavy atom. The molecule has 0 aliphatic carbocycles. The number of ether oxygens (including phenoxy) is 2. The Kier molecular flexibility index (Phi) is 7.59. The number of rotatable bonds is 6. The van der Waals surface area contributed by atoms with Gasteiger partial charge in [0.1, 0.15) is 6.10 Å². The molecule has 0 spiro atoms. The van der Waals surface area contributed by atoms with E-state index in [1.165, 1.54) is 19.3 Å². The van der Waals surface area contributed by atoms with E-state index in [4.69, 9.17) is 14.0 Å². The van der Waals surface area contributed by atoms with Gasteiger partial charge in [-0.3, -0.25) is 4.90 Å². The van der Waals surface area contributed by atoms with Crippen molar-refractivity contribution in [3.05, 3.63) is 17.5 Å². The van der Waals surface area contributed by atoms with Gasteiger partial charge in [-0.15, -0.1) is 0 Å². The summed E-state index contributed by atoms with van der Waals surface area (Å²) in [4.78, 5) is 16.4. The lowest BCUT2D eigenvalue weighted by atomic mass is 9.98. The molecule has 3 unspecified atom stereocenters. The lowest BCUT2D eigenvalue weighted by Gasteiger charge is -2.34. The maximum atomic E-state index is 12.3. The first-order chi connectivity index (χ1) is 14.7. The predicted octanol–water partition coefficient (Wildman–Crippen LogP) is 1.15. The molecule has 4 rings (SSSR count). The number of amides is 2. The van der Waals surface area contributed by atoms with Gasteiger partial charge in [-0.1, -0.05) is 11.6 Å². The van der Waals surface area contributed by atoms with Crippen LogP contribution in [0.2, 0.25) is 0 Å². The summed E-state index contributed by atoms with van der Waals surface area (Å²) >= 11 is 0. The zero-order chi connectivity index (χ0) is 20.8. The van der Waals surface area contributed by atoms with Crippen LogP contribution in [0.4, 0.5) is 4.79 Å². The van der Waals surface area contributed by atoms with Gasteiger partial charge < -0.3 is 29.3 Å². The molecule has 3 saturated heterocycles. The highest BCUT2D eigenvalue weighted by Gasteiger charge is 2.31. The molecule has 4 heterocycles. The molecule has 0 radical (unpaired) electrons. The van der Waals surface area contributed by atoms with Gasteiger partial charge in [0.2, 0.25) is 0 Å². The van der Waals surface area contributed by atoms with Gasteiger partial charge >= 0.3 is 6.03 Å². The second-order valence-corrected chi connectivity index (χ2v) is 8.55. The number of carbonyl (C=O) groups is 1. The van der Waals surface area contributed by atoms with Crippen LogP contribution in [0.3, 0.4) is 0 Å². The fourth-order valence-electron chi connectivity index (χ4n) is 4.45. The zero-order valence-electron chi connectivity index (χ0n) is 17.6. The summed E-state index contributed by atoms with van der Waals surface area (Å²) in [7, 11) is 0. The van der Waals surface area contributed by atoms with Crippen LogP contribution in [-0.4, -0.2) is 90.3 Å². The van der Waals surface area contributed by atoms with Gasteiger partial charge in [0.15, 0.2) is 5.76 Å². The maximum absolute atomic E-state index is 12.3. The van der Waals surface area contributed by atoms with Gasteiger partial charge in [0, 0.05) is 32.1 Å². The minimum absolute atomic E-state index is 0.0355. The molecule has 9 nitrogen and oxygen atoms in total. The van der Waals surface area contributed by atoms with Crippen LogP contribution in [0.1, 0.15) is 43.6 Å². The number of likely N-dealkylation sites (tertiary alicyclic amines) is 1. The number of aromatic nitrogens is 1. The molecule has 1 aromatic heterocycles. The number of hydrogen-bond donors (Lipinski definition) is 2. The Morgan fingerprint density at radius 2 is 1.97 bits per heavy atom. The highest BCUT2D eigenvalue weighted by molar-refractivity contribution is 5.74. The van der Waals surface area contributed by atoms with Crippen molar-refractivity contribution in [2.45, 2.75) is 63.4 Å². The third-order valence-corrected chi connectivity index (χ3v) is 6.21. The molecule has 3 aliphatic heterocycles. The highest BCUT2D eigenvalue weighted by atomic mass is 16.5. The summed E-state index contributed by atoms with van der Waals surface area (Å²) in [5, 5.41) is 17.4. The van der Waals surface area contributed by atoms with Crippen molar-refractivity contribution in [1.29, 1.82) is 0 Å². The summed E-state index contributed by atoms with van der Waals surface area (Å²) in [5.74, 6) is 0.900. The SMILES string of the molecule is O=C(NCC1OC(Cc2cc(CN3CCCCC3)on2)CCC1O)N1CCOCC1. The molecule has 30 heavy (non-hydrogen) atoms. The summed E-state index contributed by atoms with van der Waals surface area (Å²) < 4.78 is 16.9. The first-order valence-corrected chi connectivity index (χ1v) is 11.3. The van der Waals surface area contributed by atoms with E-state index in [1.54, 1.807) is 4.90 Å². The smallest absolute Gasteiger partial charge is 0.317 e. The molecular weight excluding hydrogens is 388 g/mol. The van der Waals surface area contributed by atoms with Gasteiger partial charge in [-0.05, 0) is 38.8 Å². The van der Waals surface area contributed by atoms with Crippen molar-refractivity contribution in [3.8, 4) is 0 Å². The van der Waals surface area contributed by atoms with Crippen LogP contribution < -0.4 is 5.32 Å². The molecule has 3 fully saturated rings.